The van der Waals surface area contributed by atoms with Gasteiger partial charge in [0.25, 0.3) is 0 Å². The third-order valence-electron chi connectivity index (χ3n) is 2.60. The molecule has 0 saturated carbocycles. The molecule has 1 aliphatic heterocycles. The summed E-state index contributed by atoms with van der Waals surface area (Å²) in [5, 5.41) is 3.02. The van der Waals surface area contributed by atoms with Crippen molar-refractivity contribution in [3.63, 3.8) is 0 Å². The van der Waals surface area contributed by atoms with Gasteiger partial charge in [0, 0.05) is 6.54 Å². The maximum atomic E-state index is 12.1. The Bertz CT molecular complexity index is 452. The van der Waals surface area contributed by atoms with Crippen LogP contribution < -0.4 is 5.32 Å². The summed E-state index contributed by atoms with van der Waals surface area (Å²) in [7, 11) is -3.26. The number of hydrogen-bond acceptors (Lipinski definition) is 3. The van der Waals surface area contributed by atoms with Crippen molar-refractivity contribution in [2.75, 3.05) is 13.1 Å². The molecule has 1 N–H and O–H groups in total. The quantitative estimate of drug-likeness (QED) is 0.859. The molecule has 3 nitrogen and oxygen atoms in total. The molecule has 0 radical (unpaired) electrons. The summed E-state index contributed by atoms with van der Waals surface area (Å²) >= 11 is 5.89. The third-order valence-corrected chi connectivity index (χ3v) is 5.29. The van der Waals surface area contributed by atoms with Crippen molar-refractivity contribution >= 4 is 21.4 Å². The van der Waals surface area contributed by atoms with E-state index < -0.39 is 9.84 Å². The molecule has 0 bridgehead atoms. The average Bonchev–Trinajstić information content (AvgIpc) is 2.71. The first-order valence-electron chi connectivity index (χ1n) is 4.81. The van der Waals surface area contributed by atoms with Gasteiger partial charge in [0.15, 0.2) is 9.84 Å². The normalized spacial score (nSPS) is 21.8. The molecule has 1 heterocycles. The van der Waals surface area contributed by atoms with Gasteiger partial charge in [0.2, 0.25) is 0 Å². The zero-order chi connectivity index (χ0) is 10.9. The van der Waals surface area contributed by atoms with Gasteiger partial charge in [-0.05, 0) is 25.1 Å². The van der Waals surface area contributed by atoms with Crippen LogP contribution in [-0.2, 0) is 9.84 Å². The topological polar surface area (TPSA) is 46.2 Å². The minimum atomic E-state index is -3.26. The van der Waals surface area contributed by atoms with Gasteiger partial charge in [-0.1, -0.05) is 23.7 Å². The lowest BCUT2D eigenvalue weighted by Gasteiger charge is -2.11. The van der Waals surface area contributed by atoms with E-state index in [0.29, 0.717) is 18.0 Å². The Hall–Kier alpha value is -0.580. The van der Waals surface area contributed by atoms with Crippen molar-refractivity contribution in [2.45, 2.75) is 16.6 Å². The molecular formula is C10H12ClNO2S. The number of halogens is 1. The second-order valence-electron chi connectivity index (χ2n) is 3.59. The van der Waals surface area contributed by atoms with Crippen LogP contribution in [0.4, 0.5) is 0 Å². The maximum absolute atomic E-state index is 12.1. The van der Waals surface area contributed by atoms with Crippen LogP contribution in [0.25, 0.3) is 0 Å². The summed E-state index contributed by atoms with van der Waals surface area (Å²) in [6.07, 6.45) is 0.660. The van der Waals surface area contributed by atoms with E-state index in [1.807, 2.05) is 0 Å². The van der Waals surface area contributed by atoms with Crippen molar-refractivity contribution < 1.29 is 8.42 Å². The van der Waals surface area contributed by atoms with Crippen LogP contribution in [-0.4, -0.2) is 26.8 Å². The molecule has 1 aliphatic rings. The van der Waals surface area contributed by atoms with E-state index in [1.54, 1.807) is 24.3 Å². The molecule has 1 fully saturated rings. The van der Waals surface area contributed by atoms with Gasteiger partial charge in [-0.2, -0.15) is 0 Å². The molecule has 15 heavy (non-hydrogen) atoms. The van der Waals surface area contributed by atoms with Crippen LogP contribution in [0.5, 0.6) is 0 Å². The summed E-state index contributed by atoms with van der Waals surface area (Å²) in [5.74, 6) is 0. The fraction of sp³-hybridized carbons (Fsp3) is 0.400. The van der Waals surface area contributed by atoms with Gasteiger partial charge in [-0.3, -0.25) is 0 Å². The average molecular weight is 246 g/mol. The molecule has 1 atom stereocenters. The monoisotopic (exact) mass is 245 g/mol. The number of sulfone groups is 1. The summed E-state index contributed by atoms with van der Waals surface area (Å²) in [4.78, 5) is 0.250. The number of nitrogens with one attached hydrogen (secondary N) is 1. The van der Waals surface area contributed by atoms with Crippen molar-refractivity contribution in [1.29, 1.82) is 0 Å². The third kappa shape index (κ3) is 2.02. The summed E-state index contributed by atoms with van der Waals surface area (Å²) < 4.78 is 24.3. The van der Waals surface area contributed by atoms with Crippen LogP contribution in [0.1, 0.15) is 6.42 Å². The molecular weight excluding hydrogens is 234 g/mol. The molecule has 82 valence electrons. The van der Waals surface area contributed by atoms with E-state index in [4.69, 9.17) is 11.6 Å². The standard InChI is InChI=1S/C10H12ClNO2S/c11-9-3-1-2-4-10(9)15(13,14)8-5-6-12-7-8/h1-4,8,12H,5-7H2/t8-/m0/s1. The second-order valence-corrected chi connectivity index (χ2v) is 6.19. The highest BCUT2D eigenvalue weighted by molar-refractivity contribution is 7.92. The van der Waals surface area contributed by atoms with Crippen molar-refractivity contribution in [1.82, 2.24) is 5.32 Å². The van der Waals surface area contributed by atoms with Gasteiger partial charge >= 0.3 is 0 Å². The molecule has 1 aromatic carbocycles. The maximum Gasteiger partial charge on any atom is 0.183 e. The number of rotatable bonds is 2. The zero-order valence-corrected chi connectivity index (χ0v) is 9.68. The summed E-state index contributed by atoms with van der Waals surface area (Å²) in [5.41, 5.74) is 0. The Balaban J connectivity index is 2.41. The Labute approximate surface area is 94.4 Å². The minimum absolute atomic E-state index is 0.250. The smallest absolute Gasteiger partial charge is 0.183 e. The minimum Gasteiger partial charge on any atom is -0.315 e. The molecule has 5 heteroatoms. The lowest BCUT2D eigenvalue weighted by molar-refractivity contribution is 0.583. The Kier molecular flexibility index (Phi) is 3.00. The molecule has 0 aromatic heterocycles. The molecule has 2 rings (SSSR count). The van der Waals surface area contributed by atoms with E-state index in [1.165, 1.54) is 0 Å². The molecule has 1 aromatic rings. The Morgan fingerprint density at radius 2 is 2.07 bits per heavy atom. The number of benzene rings is 1. The van der Waals surface area contributed by atoms with Crippen LogP contribution in [0.15, 0.2) is 29.2 Å². The van der Waals surface area contributed by atoms with Gasteiger partial charge in [0.1, 0.15) is 0 Å². The van der Waals surface area contributed by atoms with E-state index >= 15 is 0 Å². The highest BCUT2D eigenvalue weighted by Crippen LogP contribution is 2.26. The van der Waals surface area contributed by atoms with Gasteiger partial charge in [-0.25, -0.2) is 8.42 Å². The summed E-state index contributed by atoms with van der Waals surface area (Å²) in [6.45, 7) is 1.28. The van der Waals surface area contributed by atoms with E-state index in [0.717, 1.165) is 6.54 Å². The highest BCUT2D eigenvalue weighted by Gasteiger charge is 2.31. The lowest BCUT2D eigenvalue weighted by Crippen LogP contribution is -2.24. The van der Waals surface area contributed by atoms with Crippen LogP contribution in [0, 0.1) is 0 Å². The van der Waals surface area contributed by atoms with Gasteiger partial charge in [-0.15, -0.1) is 0 Å². The lowest BCUT2D eigenvalue weighted by atomic mass is 10.4. The van der Waals surface area contributed by atoms with Gasteiger partial charge in [0.05, 0.1) is 15.2 Å². The van der Waals surface area contributed by atoms with Crippen LogP contribution >= 0.6 is 11.6 Å². The first-order chi connectivity index (χ1) is 7.12. The van der Waals surface area contributed by atoms with Crippen LogP contribution in [0.3, 0.4) is 0 Å². The van der Waals surface area contributed by atoms with E-state index in [2.05, 4.69) is 5.32 Å². The number of hydrogen-bond donors (Lipinski definition) is 1. The molecule has 0 amide bonds. The van der Waals surface area contributed by atoms with Crippen molar-refractivity contribution in [3.05, 3.63) is 29.3 Å². The predicted octanol–water partition coefficient (Wildman–Crippen LogP) is 1.48. The second kappa shape index (κ2) is 4.12. The molecule has 0 aliphatic carbocycles. The Morgan fingerprint density at radius 1 is 1.33 bits per heavy atom. The molecule has 0 spiro atoms. The highest BCUT2D eigenvalue weighted by atomic mass is 35.5. The molecule has 1 saturated heterocycles. The first-order valence-corrected chi connectivity index (χ1v) is 6.74. The largest absolute Gasteiger partial charge is 0.315 e. The van der Waals surface area contributed by atoms with E-state index in [-0.39, 0.29) is 10.1 Å². The Morgan fingerprint density at radius 3 is 2.67 bits per heavy atom. The van der Waals surface area contributed by atoms with E-state index in [9.17, 15) is 8.42 Å². The predicted molar refractivity (Wildman–Crippen MR) is 59.9 cm³/mol. The summed E-state index contributed by atoms with van der Waals surface area (Å²) in [6, 6.07) is 6.60. The van der Waals surface area contributed by atoms with Crippen molar-refractivity contribution in [2.24, 2.45) is 0 Å². The molecule has 0 unspecified atom stereocenters. The first kappa shape index (κ1) is 10.9. The van der Waals surface area contributed by atoms with Crippen LogP contribution in [0.2, 0.25) is 5.02 Å². The van der Waals surface area contributed by atoms with Gasteiger partial charge < -0.3 is 5.32 Å². The van der Waals surface area contributed by atoms with Crippen molar-refractivity contribution in [3.8, 4) is 0 Å². The zero-order valence-electron chi connectivity index (χ0n) is 8.11. The SMILES string of the molecule is O=S(=O)(c1ccccc1Cl)[C@H]1CCNC1. The fourth-order valence-electron chi connectivity index (χ4n) is 1.75. The fourth-order valence-corrected chi connectivity index (χ4v) is 3.94.